The summed E-state index contributed by atoms with van der Waals surface area (Å²) in [7, 11) is -0.594. The smallest absolute Gasteiger partial charge is 0.279 e. The Hall–Kier alpha value is -1.22. The number of pyridine rings is 1. The Morgan fingerprint density at radius 2 is 1.77 bits per heavy atom. The number of nitrogens with zero attached hydrogens (tertiary/aromatic N) is 2. The molecule has 3 rings (SSSR count). The van der Waals surface area contributed by atoms with Crippen molar-refractivity contribution in [1.82, 2.24) is 13.6 Å². The number of aromatic nitrogens is 1. The Bertz CT molecular complexity index is 925. The quantitative estimate of drug-likeness (QED) is 0.718. The molecule has 0 radical (unpaired) electrons. The number of fused-ring (bicyclic) bond motifs is 1. The number of nitrogens with one attached hydrogen (secondary N) is 1. The molecule has 2 atom stereocenters. The van der Waals surface area contributed by atoms with Crippen molar-refractivity contribution in [3.05, 3.63) is 33.7 Å². The highest BCUT2D eigenvalue weighted by molar-refractivity contribution is 7.87. The highest BCUT2D eigenvalue weighted by Crippen LogP contribution is 2.39. The summed E-state index contributed by atoms with van der Waals surface area (Å²) in [6, 6.07) is 3.09. The predicted molar refractivity (Wildman–Crippen MR) is 123 cm³/mol. The number of aryl methyl sites for hydroxylation is 2. The van der Waals surface area contributed by atoms with E-state index in [1.807, 2.05) is 12.1 Å². The van der Waals surface area contributed by atoms with E-state index in [2.05, 4.69) is 25.5 Å². The van der Waals surface area contributed by atoms with E-state index in [-0.39, 0.29) is 23.7 Å². The first-order chi connectivity index (χ1) is 14.4. The fourth-order valence-corrected chi connectivity index (χ4v) is 5.76. The van der Waals surface area contributed by atoms with E-state index in [0.29, 0.717) is 36.3 Å². The van der Waals surface area contributed by atoms with Gasteiger partial charge in [-0.3, -0.25) is 4.79 Å². The van der Waals surface area contributed by atoms with Crippen LogP contribution >= 0.6 is 0 Å². The van der Waals surface area contributed by atoms with Crippen LogP contribution in [0, 0.1) is 18.3 Å². The summed E-state index contributed by atoms with van der Waals surface area (Å²) in [6.45, 7) is 9.03. The summed E-state index contributed by atoms with van der Waals surface area (Å²) in [4.78, 5) is 13.0. The van der Waals surface area contributed by atoms with Gasteiger partial charge >= 0.3 is 0 Å². The van der Waals surface area contributed by atoms with E-state index in [0.717, 1.165) is 31.4 Å². The number of ether oxygens (including phenoxy) is 1. The van der Waals surface area contributed by atoms with Gasteiger partial charge in [-0.1, -0.05) is 26.8 Å². The molecule has 1 aromatic rings. The lowest BCUT2D eigenvalue weighted by Gasteiger charge is -2.39. The van der Waals surface area contributed by atoms with Crippen LogP contribution < -0.4 is 10.3 Å². The third-order valence-electron chi connectivity index (χ3n) is 7.08. The lowest BCUT2D eigenvalue weighted by Crippen LogP contribution is -2.52. The van der Waals surface area contributed by atoms with Crippen LogP contribution in [-0.4, -0.2) is 50.1 Å². The Morgan fingerprint density at radius 3 is 2.35 bits per heavy atom. The largest absolute Gasteiger partial charge is 0.376 e. The molecule has 0 amide bonds. The van der Waals surface area contributed by atoms with Gasteiger partial charge in [-0.25, -0.2) is 0 Å². The van der Waals surface area contributed by atoms with Crippen LogP contribution in [0.1, 0.15) is 70.2 Å². The molecule has 0 saturated heterocycles. The second-order valence-electron chi connectivity index (χ2n) is 10.5. The van der Waals surface area contributed by atoms with Crippen molar-refractivity contribution in [2.24, 2.45) is 11.3 Å². The van der Waals surface area contributed by atoms with Crippen molar-refractivity contribution in [3.63, 3.8) is 0 Å². The molecular formula is C23H39N3O4S. The van der Waals surface area contributed by atoms with Crippen LogP contribution in [0.5, 0.6) is 0 Å². The molecule has 0 bridgehead atoms. The highest BCUT2D eigenvalue weighted by atomic mass is 32.2. The van der Waals surface area contributed by atoms with Gasteiger partial charge < -0.3 is 9.30 Å². The summed E-state index contributed by atoms with van der Waals surface area (Å²) in [5.74, 6) is 0.702. The molecule has 2 aliphatic rings. The summed E-state index contributed by atoms with van der Waals surface area (Å²) in [5.41, 5.74) is 1.86. The second-order valence-corrected chi connectivity index (χ2v) is 12.4. The fourth-order valence-electron chi connectivity index (χ4n) is 4.89. The second kappa shape index (κ2) is 9.33. The van der Waals surface area contributed by atoms with Crippen LogP contribution in [0.4, 0.5) is 0 Å². The molecule has 176 valence electrons. The number of hydrogen-bond donors (Lipinski definition) is 1. The number of rotatable bonds is 6. The molecule has 0 aromatic carbocycles. The molecule has 2 heterocycles. The first-order valence-corrected chi connectivity index (χ1v) is 12.9. The molecule has 2 unspecified atom stereocenters. The maximum absolute atomic E-state index is 13.0. The Labute approximate surface area is 187 Å². The van der Waals surface area contributed by atoms with E-state index < -0.39 is 10.2 Å². The van der Waals surface area contributed by atoms with Gasteiger partial charge in [0.1, 0.15) is 0 Å². The van der Waals surface area contributed by atoms with E-state index in [1.165, 1.54) is 18.4 Å². The van der Waals surface area contributed by atoms with E-state index in [9.17, 15) is 13.2 Å². The fraction of sp³-hybridized carbons (Fsp3) is 0.783. The van der Waals surface area contributed by atoms with Gasteiger partial charge in [-0.2, -0.15) is 17.4 Å². The summed E-state index contributed by atoms with van der Waals surface area (Å²) in [5, 5.41) is 0. The Morgan fingerprint density at radius 1 is 1.13 bits per heavy atom. The predicted octanol–water partition coefficient (Wildman–Crippen LogP) is 3.03. The molecule has 1 aliphatic carbocycles. The Kier molecular flexibility index (Phi) is 7.35. The molecule has 1 saturated carbocycles. The van der Waals surface area contributed by atoms with Gasteiger partial charge in [0.05, 0.1) is 18.8 Å². The van der Waals surface area contributed by atoms with Crippen molar-refractivity contribution >= 4 is 10.2 Å². The summed E-state index contributed by atoms with van der Waals surface area (Å²) in [6.07, 6.45) is 5.77. The topological polar surface area (TPSA) is 80.6 Å². The van der Waals surface area contributed by atoms with E-state index in [1.54, 1.807) is 11.5 Å². The minimum absolute atomic E-state index is 0.0590. The van der Waals surface area contributed by atoms with Crippen LogP contribution in [0.3, 0.4) is 0 Å². The monoisotopic (exact) mass is 453 g/mol. The molecule has 7 nitrogen and oxygen atoms in total. The van der Waals surface area contributed by atoms with Crippen molar-refractivity contribution in [1.29, 1.82) is 0 Å². The molecule has 1 aliphatic heterocycles. The molecule has 1 N–H and O–H groups in total. The third-order valence-corrected chi connectivity index (χ3v) is 8.64. The molecular weight excluding hydrogens is 414 g/mol. The van der Waals surface area contributed by atoms with E-state index >= 15 is 0 Å². The van der Waals surface area contributed by atoms with Crippen molar-refractivity contribution in [2.75, 3.05) is 20.7 Å². The van der Waals surface area contributed by atoms with Crippen molar-refractivity contribution < 1.29 is 13.2 Å². The molecule has 1 fully saturated rings. The zero-order valence-corrected chi connectivity index (χ0v) is 20.7. The average molecular weight is 454 g/mol. The highest BCUT2D eigenvalue weighted by Gasteiger charge is 2.36. The minimum atomic E-state index is -3.61. The van der Waals surface area contributed by atoms with Gasteiger partial charge in [0.2, 0.25) is 0 Å². The zero-order chi connectivity index (χ0) is 23.0. The van der Waals surface area contributed by atoms with Gasteiger partial charge in [0, 0.05) is 31.4 Å². The average Bonchev–Trinajstić information content (AvgIpc) is 2.69. The molecule has 31 heavy (non-hydrogen) atoms. The molecule has 0 spiro atoms. The lowest BCUT2D eigenvalue weighted by molar-refractivity contribution is -0.0170. The van der Waals surface area contributed by atoms with Crippen LogP contribution in [-0.2, 0) is 21.4 Å². The number of hydrogen-bond acceptors (Lipinski definition) is 4. The lowest BCUT2D eigenvalue weighted by atomic mass is 9.72. The normalized spacial score (nSPS) is 27.3. The SMILES string of the molecule is Cc1ccc2n(c1=O)C(COC1CCC(C(C)(C)C)CC1)C(NS(=O)(=O)N(C)C)CC2. The van der Waals surface area contributed by atoms with Crippen LogP contribution in [0.2, 0.25) is 0 Å². The first-order valence-electron chi connectivity index (χ1n) is 11.4. The molecule has 1 aromatic heterocycles. The van der Waals surface area contributed by atoms with Gasteiger partial charge in [0.25, 0.3) is 15.8 Å². The molecule has 8 heteroatoms. The van der Waals surface area contributed by atoms with Crippen LogP contribution in [0.25, 0.3) is 0 Å². The Balaban J connectivity index is 1.79. The maximum Gasteiger partial charge on any atom is 0.279 e. The van der Waals surface area contributed by atoms with Gasteiger partial charge in [-0.05, 0) is 62.8 Å². The third kappa shape index (κ3) is 5.59. The van der Waals surface area contributed by atoms with Gasteiger partial charge in [0.15, 0.2) is 0 Å². The summed E-state index contributed by atoms with van der Waals surface area (Å²) < 4.78 is 37.1. The minimum Gasteiger partial charge on any atom is -0.376 e. The van der Waals surface area contributed by atoms with Crippen molar-refractivity contribution in [2.45, 2.75) is 84.4 Å². The van der Waals surface area contributed by atoms with Crippen molar-refractivity contribution in [3.8, 4) is 0 Å². The van der Waals surface area contributed by atoms with Gasteiger partial charge in [-0.15, -0.1) is 0 Å². The van der Waals surface area contributed by atoms with Crippen LogP contribution in [0.15, 0.2) is 16.9 Å². The maximum atomic E-state index is 13.0. The van der Waals surface area contributed by atoms with E-state index in [4.69, 9.17) is 4.74 Å². The first kappa shape index (κ1) is 24.4. The zero-order valence-electron chi connectivity index (χ0n) is 19.8. The summed E-state index contributed by atoms with van der Waals surface area (Å²) >= 11 is 0. The standard InChI is InChI=1S/C23H39N3O4S/c1-16-7-10-18-11-14-20(24-31(28,29)25(5)6)21(26(18)22(16)27)15-30-19-12-8-17(9-13-19)23(2,3)4/h7,10,17,19-21,24H,8-9,11-15H2,1-6H3.